The molecule has 0 aliphatic heterocycles. The van der Waals surface area contributed by atoms with E-state index in [2.05, 4.69) is 24.4 Å². The summed E-state index contributed by atoms with van der Waals surface area (Å²) in [7, 11) is 0. The minimum atomic E-state index is -0.528. The van der Waals surface area contributed by atoms with Crippen molar-refractivity contribution < 1.29 is 8.78 Å². The van der Waals surface area contributed by atoms with Crippen molar-refractivity contribution in [1.29, 1.82) is 0 Å². The van der Waals surface area contributed by atoms with Gasteiger partial charge in [0.2, 0.25) is 0 Å². The Balaban J connectivity index is 2.05. The summed E-state index contributed by atoms with van der Waals surface area (Å²) in [5, 5.41) is 3.49. The lowest BCUT2D eigenvalue weighted by Crippen LogP contribution is -2.22. The second kappa shape index (κ2) is 7.89. The SMILES string of the molecule is CCCNC(CCc1ccc(F)cc1F)c1ccccc1. The van der Waals surface area contributed by atoms with Crippen LogP contribution in [0.2, 0.25) is 0 Å². The Morgan fingerprint density at radius 3 is 2.48 bits per heavy atom. The highest BCUT2D eigenvalue weighted by molar-refractivity contribution is 5.22. The molecule has 21 heavy (non-hydrogen) atoms. The van der Waals surface area contributed by atoms with Crippen molar-refractivity contribution in [3.63, 3.8) is 0 Å². The molecule has 1 atom stereocenters. The number of aryl methyl sites for hydroxylation is 1. The van der Waals surface area contributed by atoms with Gasteiger partial charge in [-0.1, -0.05) is 43.3 Å². The fourth-order valence-electron chi connectivity index (χ4n) is 2.41. The summed E-state index contributed by atoms with van der Waals surface area (Å²) in [6, 6.07) is 14.1. The Morgan fingerprint density at radius 1 is 1.05 bits per heavy atom. The quantitative estimate of drug-likeness (QED) is 0.783. The van der Waals surface area contributed by atoms with E-state index in [9.17, 15) is 8.78 Å². The van der Waals surface area contributed by atoms with Gasteiger partial charge in [0.1, 0.15) is 11.6 Å². The predicted octanol–water partition coefficient (Wildman–Crippen LogP) is 4.64. The van der Waals surface area contributed by atoms with Gasteiger partial charge in [0.25, 0.3) is 0 Å². The number of rotatable bonds is 7. The van der Waals surface area contributed by atoms with Crippen molar-refractivity contribution in [2.45, 2.75) is 32.2 Å². The predicted molar refractivity (Wildman–Crippen MR) is 82.2 cm³/mol. The highest BCUT2D eigenvalue weighted by atomic mass is 19.1. The largest absolute Gasteiger partial charge is 0.310 e. The van der Waals surface area contributed by atoms with E-state index < -0.39 is 11.6 Å². The van der Waals surface area contributed by atoms with E-state index in [1.54, 1.807) is 0 Å². The van der Waals surface area contributed by atoms with Crippen LogP contribution in [0.3, 0.4) is 0 Å². The summed E-state index contributed by atoms with van der Waals surface area (Å²) < 4.78 is 26.6. The minimum absolute atomic E-state index is 0.190. The molecule has 0 aliphatic carbocycles. The molecular formula is C18H21F2N. The van der Waals surface area contributed by atoms with Crippen molar-refractivity contribution in [1.82, 2.24) is 5.32 Å². The topological polar surface area (TPSA) is 12.0 Å². The lowest BCUT2D eigenvalue weighted by molar-refractivity contribution is 0.491. The summed E-state index contributed by atoms with van der Waals surface area (Å²) >= 11 is 0. The first-order chi connectivity index (χ1) is 10.2. The lowest BCUT2D eigenvalue weighted by atomic mass is 9.98. The van der Waals surface area contributed by atoms with Crippen LogP contribution in [-0.2, 0) is 6.42 Å². The molecule has 0 fully saturated rings. The Kier molecular flexibility index (Phi) is 5.88. The van der Waals surface area contributed by atoms with Gasteiger partial charge < -0.3 is 5.32 Å². The van der Waals surface area contributed by atoms with E-state index in [0.29, 0.717) is 12.0 Å². The highest BCUT2D eigenvalue weighted by Crippen LogP contribution is 2.20. The molecule has 2 aromatic rings. The molecule has 2 aromatic carbocycles. The number of nitrogens with one attached hydrogen (secondary N) is 1. The second-order valence-electron chi connectivity index (χ2n) is 5.19. The molecule has 2 rings (SSSR count). The van der Waals surface area contributed by atoms with Crippen LogP contribution >= 0.6 is 0 Å². The van der Waals surface area contributed by atoms with Gasteiger partial charge in [0.15, 0.2) is 0 Å². The van der Waals surface area contributed by atoms with Crippen LogP contribution in [0.4, 0.5) is 8.78 Å². The number of halogens is 2. The molecular weight excluding hydrogens is 268 g/mol. The molecule has 0 aromatic heterocycles. The van der Waals surface area contributed by atoms with Crippen molar-refractivity contribution in [2.75, 3.05) is 6.54 Å². The normalized spacial score (nSPS) is 12.3. The van der Waals surface area contributed by atoms with Crippen molar-refractivity contribution in [3.05, 3.63) is 71.3 Å². The van der Waals surface area contributed by atoms with E-state index in [-0.39, 0.29) is 6.04 Å². The number of hydrogen-bond donors (Lipinski definition) is 1. The Morgan fingerprint density at radius 2 is 1.81 bits per heavy atom. The van der Waals surface area contributed by atoms with Crippen molar-refractivity contribution in [2.24, 2.45) is 0 Å². The fraction of sp³-hybridized carbons (Fsp3) is 0.333. The molecule has 0 radical (unpaired) electrons. The molecule has 1 unspecified atom stereocenters. The summed E-state index contributed by atoms with van der Waals surface area (Å²) in [5.74, 6) is -0.989. The number of hydrogen-bond acceptors (Lipinski definition) is 1. The molecule has 1 nitrogen and oxygen atoms in total. The highest BCUT2D eigenvalue weighted by Gasteiger charge is 2.12. The van der Waals surface area contributed by atoms with E-state index in [0.717, 1.165) is 25.5 Å². The smallest absolute Gasteiger partial charge is 0.129 e. The lowest BCUT2D eigenvalue weighted by Gasteiger charge is -2.19. The van der Waals surface area contributed by atoms with E-state index in [1.165, 1.54) is 17.7 Å². The van der Waals surface area contributed by atoms with Crippen LogP contribution in [0.5, 0.6) is 0 Å². The molecule has 0 aliphatic rings. The van der Waals surface area contributed by atoms with E-state index in [1.807, 2.05) is 18.2 Å². The molecule has 3 heteroatoms. The van der Waals surface area contributed by atoms with Gasteiger partial charge in [-0.3, -0.25) is 0 Å². The zero-order chi connectivity index (χ0) is 15.1. The third-order valence-corrected chi connectivity index (χ3v) is 3.56. The van der Waals surface area contributed by atoms with Gasteiger partial charge in [0, 0.05) is 12.1 Å². The molecule has 112 valence electrons. The molecule has 1 N–H and O–H groups in total. The Labute approximate surface area is 125 Å². The van der Waals surface area contributed by atoms with E-state index in [4.69, 9.17) is 0 Å². The zero-order valence-electron chi connectivity index (χ0n) is 12.3. The van der Waals surface area contributed by atoms with Crippen LogP contribution in [0.15, 0.2) is 48.5 Å². The van der Waals surface area contributed by atoms with Crippen LogP contribution < -0.4 is 5.32 Å². The monoisotopic (exact) mass is 289 g/mol. The van der Waals surface area contributed by atoms with Gasteiger partial charge >= 0.3 is 0 Å². The van der Waals surface area contributed by atoms with Gasteiger partial charge in [-0.15, -0.1) is 0 Å². The Bertz CT molecular complexity index is 554. The van der Waals surface area contributed by atoms with Gasteiger partial charge in [-0.25, -0.2) is 8.78 Å². The molecule has 0 heterocycles. The third-order valence-electron chi connectivity index (χ3n) is 3.56. The second-order valence-corrected chi connectivity index (χ2v) is 5.19. The van der Waals surface area contributed by atoms with Gasteiger partial charge in [-0.05, 0) is 43.0 Å². The summed E-state index contributed by atoms with van der Waals surface area (Å²) in [5.41, 5.74) is 1.77. The van der Waals surface area contributed by atoms with Gasteiger partial charge in [-0.2, -0.15) is 0 Å². The third kappa shape index (κ3) is 4.64. The van der Waals surface area contributed by atoms with Crippen LogP contribution in [0.1, 0.15) is 36.9 Å². The molecule has 0 spiro atoms. The van der Waals surface area contributed by atoms with Crippen molar-refractivity contribution >= 4 is 0 Å². The maximum Gasteiger partial charge on any atom is 0.129 e. The average Bonchev–Trinajstić information content (AvgIpc) is 2.50. The first-order valence-corrected chi connectivity index (χ1v) is 7.43. The Hall–Kier alpha value is -1.74. The average molecular weight is 289 g/mol. The van der Waals surface area contributed by atoms with Crippen LogP contribution in [-0.4, -0.2) is 6.54 Å². The summed E-state index contributed by atoms with van der Waals surface area (Å²) in [6.07, 6.45) is 2.42. The first-order valence-electron chi connectivity index (χ1n) is 7.43. The molecule has 0 bridgehead atoms. The van der Waals surface area contributed by atoms with Crippen LogP contribution in [0, 0.1) is 11.6 Å². The maximum absolute atomic E-state index is 13.7. The van der Waals surface area contributed by atoms with Crippen molar-refractivity contribution in [3.8, 4) is 0 Å². The first kappa shape index (κ1) is 15.6. The van der Waals surface area contributed by atoms with Crippen LogP contribution in [0.25, 0.3) is 0 Å². The summed E-state index contributed by atoms with van der Waals surface area (Å²) in [6.45, 7) is 3.04. The zero-order valence-corrected chi connectivity index (χ0v) is 12.3. The molecule has 0 saturated heterocycles. The number of benzene rings is 2. The van der Waals surface area contributed by atoms with Gasteiger partial charge in [0.05, 0.1) is 0 Å². The molecule has 0 amide bonds. The summed E-state index contributed by atoms with van der Waals surface area (Å²) in [4.78, 5) is 0. The fourth-order valence-corrected chi connectivity index (χ4v) is 2.41. The minimum Gasteiger partial charge on any atom is -0.310 e. The van der Waals surface area contributed by atoms with E-state index >= 15 is 0 Å². The molecule has 0 saturated carbocycles. The maximum atomic E-state index is 13.7. The standard InChI is InChI=1S/C18H21F2N/c1-2-12-21-18(15-6-4-3-5-7-15)11-9-14-8-10-16(19)13-17(14)20/h3-8,10,13,18,21H,2,9,11-12H2,1H3.